The highest BCUT2D eigenvalue weighted by Crippen LogP contribution is 2.27. The van der Waals surface area contributed by atoms with Crippen molar-refractivity contribution in [3.63, 3.8) is 0 Å². The summed E-state index contributed by atoms with van der Waals surface area (Å²) in [5, 5.41) is 5.13. The Bertz CT molecular complexity index is 763. The topological polar surface area (TPSA) is 76.7 Å². The van der Waals surface area contributed by atoms with Crippen LogP contribution in [0.2, 0.25) is 0 Å². The Morgan fingerprint density at radius 1 is 0.962 bits per heavy atom. The third-order valence-corrected chi connectivity index (χ3v) is 3.66. The lowest BCUT2D eigenvalue weighted by atomic mass is 10.1. The van der Waals surface area contributed by atoms with Crippen LogP contribution in [0, 0.1) is 5.82 Å². The van der Waals surface area contributed by atoms with Gasteiger partial charge in [0.25, 0.3) is 0 Å². The molecule has 0 radical (unpaired) electrons. The number of methoxy groups -OCH3 is 2. The summed E-state index contributed by atoms with van der Waals surface area (Å²) in [6.45, 7) is -0.151. The number of rotatable bonds is 8. The second-order valence-electron chi connectivity index (χ2n) is 5.52. The van der Waals surface area contributed by atoms with E-state index >= 15 is 0 Å². The van der Waals surface area contributed by atoms with E-state index in [-0.39, 0.29) is 30.6 Å². The van der Waals surface area contributed by atoms with Gasteiger partial charge in [0.05, 0.1) is 20.8 Å². The molecule has 7 heteroatoms. The number of amides is 2. The van der Waals surface area contributed by atoms with Crippen LogP contribution in [0.15, 0.2) is 42.5 Å². The van der Waals surface area contributed by atoms with E-state index < -0.39 is 0 Å². The average molecular weight is 360 g/mol. The van der Waals surface area contributed by atoms with Crippen molar-refractivity contribution in [1.29, 1.82) is 0 Å². The Labute approximate surface area is 151 Å². The maximum atomic E-state index is 12.8. The molecule has 0 aliphatic rings. The van der Waals surface area contributed by atoms with Crippen molar-refractivity contribution in [3.8, 4) is 11.5 Å². The molecule has 2 aromatic rings. The van der Waals surface area contributed by atoms with E-state index in [0.717, 1.165) is 5.56 Å². The van der Waals surface area contributed by atoms with Gasteiger partial charge in [-0.2, -0.15) is 0 Å². The zero-order chi connectivity index (χ0) is 18.9. The molecule has 0 saturated heterocycles. The van der Waals surface area contributed by atoms with Gasteiger partial charge < -0.3 is 20.1 Å². The molecular weight excluding hydrogens is 339 g/mol. The smallest absolute Gasteiger partial charge is 0.243 e. The molecule has 0 saturated carbocycles. The first-order valence-electron chi connectivity index (χ1n) is 8.05. The lowest BCUT2D eigenvalue weighted by molar-refractivity contribution is -0.124. The van der Waals surface area contributed by atoms with Crippen molar-refractivity contribution in [2.45, 2.75) is 12.8 Å². The molecule has 0 spiro atoms. The predicted octanol–water partition coefficient (Wildman–Crippen LogP) is 2.53. The minimum Gasteiger partial charge on any atom is -0.493 e. The number of hydrogen-bond acceptors (Lipinski definition) is 4. The predicted molar refractivity (Wildman–Crippen MR) is 95.9 cm³/mol. The summed E-state index contributed by atoms with van der Waals surface area (Å²) >= 11 is 0. The Hall–Kier alpha value is -3.09. The van der Waals surface area contributed by atoms with Crippen LogP contribution in [-0.2, 0) is 16.0 Å². The second kappa shape index (κ2) is 9.41. The first kappa shape index (κ1) is 19.2. The number of nitrogens with one attached hydrogen (secondary N) is 2. The molecule has 0 heterocycles. The van der Waals surface area contributed by atoms with Gasteiger partial charge in [0.2, 0.25) is 11.8 Å². The van der Waals surface area contributed by atoms with Gasteiger partial charge in [0.1, 0.15) is 5.82 Å². The molecule has 0 bridgehead atoms. The maximum Gasteiger partial charge on any atom is 0.243 e. The average Bonchev–Trinajstić information content (AvgIpc) is 2.66. The Balaban J connectivity index is 1.76. The lowest BCUT2D eigenvalue weighted by Gasteiger charge is -2.10. The Morgan fingerprint density at radius 3 is 2.31 bits per heavy atom. The minimum atomic E-state index is -0.383. The molecule has 0 aromatic heterocycles. The van der Waals surface area contributed by atoms with Crippen LogP contribution < -0.4 is 20.1 Å². The van der Waals surface area contributed by atoms with Crippen molar-refractivity contribution in [2.75, 3.05) is 26.1 Å². The van der Waals surface area contributed by atoms with Gasteiger partial charge in [-0.1, -0.05) is 6.07 Å². The number of ether oxygens (including phenoxy) is 2. The molecule has 0 aliphatic heterocycles. The van der Waals surface area contributed by atoms with E-state index in [1.54, 1.807) is 20.3 Å². The molecule has 2 N–H and O–H groups in total. The zero-order valence-corrected chi connectivity index (χ0v) is 14.7. The number of aryl methyl sites for hydroxylation is 1. The highest BCUT2D eigenvalue weighted by atomic mass is 19.1. The van der Waals surface area contributed by atoms with Crippen LogP contribution in [-0.4, -0.2) is 32.6 Å². The Kier molecular flexibility index (Phi) is 6.96. The van der Waals surface area contributed by atoms with Crippen LogP contribution in [0.5, 0.6) is 11.5 Å². The second-order valence-corrected chi connectivity index (χ2v) is 5.52. The van der Waals surface area contributed by atoms with Gasteiger partial charge >= 0.3 is 0 Å². The van der Waals surface area contributed by atoms with Crippen molar-refractivity contribution in [3.05, 3.63) is 53.8 Å². The number of carbonyl (C=O) groups is 2. The van der Waals surface area contributed by atoms with Gasteiger partial charge in [-0.15, -0.1) is 0 Å². The van der Waals surface area contributed by atoms with Crippen LogP contribution in [0.3, 0.4) is 0 Å². The first-order valence-corrected chi connectivity index (χ1v) is 8.05. The summed E-state index contributed by atoms with van der Waals surface area (Å²) in [7, 11) is 3.11. The number of anilines is 1. The molecule has 0 aliphatic carbocycles. The summed E-state index contributed by atoms with van der Waals surface area (Å²) in [6.07, 6.45) is 0.741. The number of hydrogen-bond donors (Lipinski definition) is 2. The van der Waals surface area contributed by atoms with Gasteiger partial charge in [-0.3, -0.25) is 9.59 Å². The summed E-state index contributed by atoms with van der Waals surface area (Å²) in [4.78, 5) is 23.7. The largest absolute Gasteiger partial charge is 0.493 e. The van der Waals surface area contributed by atoms with E-state index in [2.05, 4.69) is 10.6 Å². The molecule has 0 unspecified atom stereocenters. The highest BCUT2D eigenvalue weighted by molar-refractivity contribution is 5.94. The molecule has 6 nitrogen and oxygen atoms in total. The van der Waals surface area contributed by atoms with E-state index in [4.69, 9.17) is 9.47 Å². The summed E-state index contributed by atoms with van der Waals surface area (Å²) in [5.74, 6) is 0.221. The van der Waals surface area contributed by atoms with Crippen molar-refractivity contribution >= 4 is 17.5 Å². The molecular formula is C19H21FN2O4. The van der Waals surface area contributed by atoms with E-state index in [1.165, 1.54) is 24.3 Å². The molecule has 138 valence electrons. The van der Waals surface area contributed by atoms with Crippen LogP contribution in [0.25, 0.3) is 0 Å². The summed E-state index contributed by atoms with van der Waals surface area (Å²) < 4.78 is 23.2. The molecule has 2 aromatic carbocycles. The molecule has 26 heavy (non-hydrogen) atoms. The zero-order valence-electron chi connectivity index (χ0n) is 14.7. The summed E-state index contributed by atoms with van der Waals surface area (Å²) in [6, 6.07) is 10.8. The Morgan fingerprint density at radius 2 is 1.65 bits per heavy atom. The van der Waals surface area contributed by atoms with E-state index in [9.17, 15) is 14.0 Å². The number of halogens is 1. The normalized spacial score (nSPS) is 10.1. The van der Waals surface area contributed by atoms with E-state index in [1.807, 2.05) is 12.1 Å². The molecule has 0 atom stereocenters. The van der Waals surface area contributed by atoms with Gasteiger partial charge in [0, 0.05) is 12.1 Å². The maximum absolute atomic E-state index is 12.8. The fourth-order valence-electron chi connectivity index (χ4n) is 2.30. The van der Waals surface area contributed by atoms with Crippen LogP contribution in [0.1, 0.15) is 12.0 Å². The highest BCUT2D eigenvalue weighted by Gasteiger charge is 2.09. The fourth-order valence-corrected chi connectivity index (χ4v) is 2.30. The lowest BCUT2D eigenvalue weighted by Crippen LogP contribution is -2.32. The molecule has 0 fully saturated rings. The molecule has 2 rings (SSSR count). The van der Waals surface area contributed by atoms with Gasteiger partial charge in [-0.05, 0) is 48.4 Å². The third-order valence-electron chi connectivity index (χ3n) is 3.66. The van der Waals surface area contributed by atoms with Crippen molar-refractivity contribution in [2.24, 2.45) is 0 Å². The standard InChI is InChI=1S/C19H21FN2O4/c1-25-16-9-3-13(11-17(16)26-2)4-10-18(23)21-12-19(24)22-15-7-5-14(20)6-8-15/h3,5-9,11H,4,10,12H2,1-2H3,(H,21,23)(H,22,24). The monoisotopic (exact) mass is 360 g/mol. The van der Waals surface area contributed by atoms with E-state index in [0.29, 0.717) is 23.6 Å². The quantitative estimate of drug-likeness (QED) is 0.758. The third kappa shape index (κ3) is 5.77. The number of carbonyl (C=O) groups excluding carboxylic acids is 2. The SMILES string of the molecule is COc1ccc(CCC(=O)NCC(=O)Nc2ccc(F)cc2)cc1OC. The van der Waals surface area contributed by atoms with Crippen LogP contribution >= 0.6 is 0 Å². The number of benzene rings is 2. The van der Waals surface area contributed by atoms with Crippen LogP contribution in [0.4, 0.5) is 10.1 Å². The van der Waals surface area contributed by atoms with Gasteiger partial charge in [-0.25, -0.2) is 4.39 Å². The fraction of sp³-hybridized carbons (Fsp3) is 0.263. The molecule has 2 amide bonds. The summed E-state index contributed by atoms with van der Waals surface area (Å²) in [5.41, 5.74) is 1.39. The van der Waals surface area contributed by atoms with Crippen molar-refractivity contribution < 1.29 is 23.5 Å². The van der Waals surface area contributed by atoms with Gasteiger partial charge in [0.15, 0.2) is 11.5 Å². The minimum absolute atomic E-state index is 0.151. The first-order chi connectivity index (χ1) is 12.5. The van der Waals surface area contributed by atoms with Crippen molar-refractivity contribution in [1.82, 2.24) is 5.32 Å².